The molecule has 0 saturated heterocycles. The molecule has 12 heavy (non-hydrogen) atoms. The molecule has 0 radical (unpaired) electrons. The van der Waals surface area contributed by atoms with Gasteiger partial charge in [-0.05, 0) is 12.5 Å². The van der Waals surface area contributed by atoms with Gasteiger partial charge < -0.3 is 10.8 Å². The summed E-state index contributed by atoms with van der Waals surface area (Å²) >= 11 is 0. The average Bonchev–Trinajstić information content (AvgIpc) is 2.07. The summed E-state index contributed by atoms with van der Waals surface area (Å²) in [4.78, 5) is 0. The van der Waals surface area contributed by atoms with Crippen molar-refractivity contribution < 1.29 is 5.11 Å². The summed E-state index contributed by atoms with van der Waals surface area (Å²) in [6.45, 7) is 2.26. The molecule has 2 atom stereocenters. The minimum absolute atomic E-state index is 0.0613. The zero-order valence-electron chi connectivity index (χ0n) is 7.27. The second-order valence-corrected chi connectivity index (χ2v) is 2.99. The van der Waals surface area contributed by atoms with Crippen LogP contribution in [0.4, 0.5) is 0 Å². The second kappa shape index (κ2) is 4.24. The fourth-order valence-corrected chi connectivity index (χ4v) is 1.31. The van der Waals surface area contributed by atoms with Gasteiger partial charge in [-0.15, -0.1) is 0 Å². The largest absolute Gasteiger partial charge is 0.393 e. The molecule has 0 aliphatic heterocycles. The van der Waals surface area contributed by atoms with Crippen molar-refractivity contribution in [2.75, 3.05) is 6.54 Å². The Morgan fingerprint density at radius 1 is 1.33 bits per heavy atom. The van der Waals surface area contributed by atoms with Crippen molar-refractivity contribution in [1.29, 1.82) is 0 Å². The maximum absolute atomic E-state index is 9.39. The molecule has 0 heterocycles. The molecule has 2 heteroatoms. The first-order valence-corrected chi connectivity index (χ1v) is 4.18. The third-order valence-electron chi connectivity index (χ3n) is 2.06. The average molecular weight is 165 g/mol. The third-order valence-corrected chi connectivity index (χ3v) is 2.06. The van der Waals surface area contributed by atoms with E-state index >= 15 is 0 Å². The van der Waals surface area contributed by atoms with Gasteiger partial charge in [0.2, 0.25) is 0 Å². The van der Waals surface area contributed by atoms with Crippen LogP contribution in [0.25, 0.3) is 0 Å². The van der Waals surface area contributed by atoms with Crippen molar-refractivity contribution in [3.8, 4) is 0 Å². The number of hydrogen-bond donors (Lipinski definition) is 2. The van der Waals surface area contributed by atoms with Crippen LogP contribution in [0.2, 0.25) is 0 Å². The van der Waals surface area contributed by atoms with E-state index in [-0.39, 0.29) is 12.0 Å². The molecular weight excluding hydrogens is 150 g/mol. The van der Waals surface area contributed by atoms with E-state index in [9.17, 15) is 5.11 Å². The van der Waals surface area contributed by atoms with E-state index in [1.165, 1.54) is 0 Å². The zero-order chi connectivity index (χ0) is 8.97. The van der Waals surface area contributed by atoms with Gasteiger partial charge in [-0.3, -0.25) is 0 Å². The van der Waals surface area contributed by atoms with Crippen LogP contribution in [-0.2, 0) is 0 Å². The minimum atomic E-state index is -0.377. The molecule has 0 amide bonds. The van der Waals surface area contributed by atoms with E-state index in [1.807, 2.05) is 30.3 Å². The molecule has 1 rings (SSSR count). The Morgan fingerprint density at radius 2 is 1.92 bits per heavy atom. The van der Waals surface area contributed by atoms with Gasteiger partial charge in [-0.25, -0.2) is 0 Å². The Morgan fingerprint density at radius 3 is 2.33 bits per heavy atom. The summed E-state index contributed by atoms with van der Waals surface area (Å²) in [5.41, 5.74) is 6.65. The SMILES string of the molecule is C[C@@H](O)[C@H](CN)c1ccccc1. The van der Waals surface area contributed by atoms with Gasteiger partial charge >= 0.3 is 0 Å². The monoisotopic (exact) mass is 165 g/mol. The molecule has 0 fully saturated rings. The molecule has 0 unspecified atom stereocenters. The van der Waals surface area contributed by atoms with Crippen LogP contribution >= 0.6 is 0 Å². The predicted octanol–water partition coefficient (Wildman–Crippen LogP) is 1.11. The van der Waals surface area contributed by atoms with Crippen molar-refractivity contribution in [3.05, 3.63) is 35.9 Å². The quantitative estimate of drug-likeness (QED) is 0.704. The molecule has 0 aliphatic carbocycles. The first kappa shape index (κ1) is 9.23. The highest BCUT2D eigenvalue weighted by atomic mass is 16.3. The summed E-state index contributed by atoms with van der Waals surface area (Å²) in [6, 6.07) is 9.86. The van der Waals surface area contributed by atoms with Crippen molar-refractivity contribution in [2.45, 2.75) is 18.9 Å². The van der Waals surface area contributed by atoms with Crippen LogP contribution in [0, 0.1) is 0 Å². The Bertz CT molecular complexity index is 221. The van der Waals surface area contributed by atoms with E-state index in [2.05, 4.69) is 0 Å². The van der Waals surface area contributed by atoms with Crippen LogP contribution in [0.5, 0.6) is 0 Å². The van der Waals surface area contributed by atoms with E-state index in [4.69, 9.17) is 5.73 Å². The first-order chi connectivity index (χ1) is 5.75. The van der Waals surface area contributed by atoms with Gasteiger partial charge in [-0.2, -0.15) is 0 Å². The van der Waals surface area contributed by atoms with E-state index < -0.39 is 0 Å². The summed E-state index contributed by atoms with van der Waals surface area (Å²) in [6.07, 6.45) is -0.377. The number of nitrogens with two attached hydrogens (primary N) is 1. The summed E-state index contributed by atoms with van der Waals surface area (Å²) in [7, 11) is 0. The highest BCUT2D eigenvalue weighted by molar-refractivity contribution is 5.20. The number of benzene rings is 1. The topological polar surface area (TPSA) is 46.2 Å². The van der Waals surface area contributed by atoms with Crippen molar-refractivity contribution in [1.82, 2.24) is 0 Å². The number of hydrogen-bond acceptors (Lipinski definition) is 2. The molecule has 0 aliphatic rings. The van der Waals surface area contributed by atoms with Gasteiger partial charge in [0.05, 0.1) is 6.10 Å². The van der Waals surface area contributed by atoms with Crippen molar-refractivity contribution >= 4 is 0 Å². The third kappa shape index (κ3) is 2.06. The number of aliphatic hydroxyl groups excluding tert-OH is 1. The van der Waals surface area contributed by atoms with Crippen molar-refractivity contribution in [2.24, 2.45) is 5.73 Å². The van der Waals surface area contributed by atoms with Crippen molar-refractivity contribution in [3.63, 3.8) is 0 Å². The number of aliphatic hydroxyl groups is 1. The Kier molecular flexibility index (Phi) is 3.26. The van der Waals surface area contributed by atoms with Crippen LogP contribution in [-0.4, -0.2) is 17.8 Å². The standard InChI is InChI=1S/C10H15NO/c1-8(12)10(7-11)9-5-3-2-4-6-9/h2-6,8,10,12H,7,11H2,1H3/t8-,10+/m1/s1. The van der Waals surface area contributed by atoms with Crippen LogP contribution in [0.15, 0.2) is 30.3 Å². The smallest absolute Gasteiger partial charge is 0.0592 e. The predicted molar refractivity (Wildman–Crippen MR) is 49.9 cm³/mol. The molecule has 66 valence electrons. The normalized spacial score (nSPS) is 15.6. The summed E-state index contributed by atoms with van der Waals surface area (Å²) in [5.74, 6) is 0.0613. The Labute approximate surface area is 73.0 Å². The van der Waals surface area contributed by atoms with E-state index in [1.54, 1.807) is 6.92 Å². The summed E-state index contributed by atoms with van der Waals surface area (Å²) < 4.78 is 0. The molecule has 1 aromatic rings. The van der Waals surface area contributed by atoms with E-state index in [0.717, 1.165) is 5.56 Å². The first-order valence-electron chi connectivity index (χ1n) is 4.18. The molecular formula is C10H15NO. The molecule has 1 aromatic carbocycles. The Balaban J connectivity index is 2.80. The van der Waals surface area contributed by atoms with E-state index in [0.29, 0.717) is 6.54 Å². The highest BCUT2D eigenvalue weighted by Crippen LogP contribution is 2.17. The lowest BCUT2D eigenvalue weighted by Gasteiger charge is -2.17. The van der Waals surface area contributed by atoms with Crippen LogP contribution in [0.3, 0.4) is 0 Å². The fourth-order valence-electron chi connectivity index (χ4n) is 1.31. The van der Waals surface area contributed by atoms with Gasteiger partial charge in [0.25, 0.3) is 0 Å². The summed E-state index contributed by atoms with van der Waals surface area (Å²) in [5, 5.41) is 9.39. The van der Waals surface area contributed by atoms with Gasteiger partial charge in [0, 0.05) is 12.5 Å². The fraction of sp³-hybridized carbons (Fsp3) is 0.400. The lowest BCUT2D eigenvalue weighted by atomic mass is 9.95. The molecule has 3 N–H and O–H groups in total. The van der Waals surface area contributed by atoms with Crippen LogP contribution < -0.4 is 5.73 Å². The Hall–Kier alpha value is -0.860. The lowest BCUT2D eigenvalue weighted by molar-refractivity contribution is 0.164. The molecule has 0 saturated carbocycles. The maximum atomic E-state index is 9.39. The molecule has 0 bridgehead atoms. The molecule has 0 aromatic heterocycles. The number of rotatable bonds is 3. The van der Waals surface area contributed by atoms with Crippen LogP contribution in [0.1, 0.15) is 18.4 Å². The zero-order valence-corrected chi connectivity index (χ0v) is 7.27. The van der Waals surface area contributed by atoms with Gasteiger partial charge in [-0.1, -0.05) is 30.3 Å². The lowest BCUT2D eigenvalue weighted by Crippen LogP contribution is -2.23. The van der Waals surface area contributed by atoms with Gasteiger partial charge in [0.1, 0.15) is 0 Å². The minimum Gasteiger partial charge on any atom is -0.393 e. The van der Waals surface area contributed by atoms with Gasteiger partial charge in [0.15, 0.2) is 0 Å². The maximum Gasteiger partial charge on any atom is 0.0592 e. The second-order valence-electron chi connectivity index (χ2n) is 2.99. The molecule has 0 spiro atoms. The highest BCUT2D eigenvalue weighted by Gasteiger charge is 2.14. The molecule has 2 nitrogen and oxygen atoms in total.